The number of rotatable bonds is 5. The lowest BCUT2D eigenvalue weighted by molar-refractivity contribution is -0.155. The number of alkyl carbamates (subject to hydrolysis) is 1. The molecule has 0 bridgehead atoms. The summed E-state index contributed by atoms with van der Waals surface area (Å²) in [6.45, 7) is 19.8. The molecule has 0 aromatic carbocycles. The van der Waals surface area contributed by atoms with Gasteiger partial charge >= 0.3 is 18.2 Å². The summed E-state index contributed by atoms with van der Waals surface area (Å²) in [5.74, 6) is -0.445. The minimum Gasteiger partial charge on any atom is -0.460 e. The highest BCUT2D eigenvalue weighted by molar-refractivity contribution is 5.73. The van der Waals surface area contributed by atoms with E-state index < -0.39 is 52.8 Å². The minimum atomic E-state index is -0.893. The van der Waals surface area contributed by atoms with Gasteiger partial charge in [0.05, 0.1) is 19.1 Å². The highest BCUT2D eigenvalue weighted by atomic mass is 16.6. The van der Waals surface area contributed by atoms with Crippen molar-refractivity contribution in [3.8, 4) is 0 Å². The van der Waals surface area contributed by atoms with Crippen LogP contribution < -0.4 is 5.32 Å². The molecule has 1 N–H and O–H groups in total. The number of hydrogen-bond acceptors (Lipinski definition) is 7. The minimum absolute atomic E-state index is 0.0523. The molecule has 1 aliphatic rings. The van der Waals surface area contributed by atoms with E-state index in [2.05, 4.69) is 5.32 Å². The molecular weight excluding hydrogens is 416 g/mol. The van der Waals surface area contributed by atoms with Gasteiger partial charge in [0.2, 0.25) is 0 Å². The molecule has 0 aromatic heterocycles. The fraction of sp³-hybridized carbons (Fsp3) is 0.870. The van der Waals surface area contributed by atoms with Crippen molar-refractivity contribution in [2.45, 2.75) is 124 Å². The van der Waals surface area contributed by atoms with E-state index in [-0.39, 0.29) is 13.0 Å². The summed E-state index contributed by atoms with van der Waals surface area (Å²) in [5, 5.41) is 2.75. The summed E-state index contributed by atoms with van der Waals surface area (Å²) >= 11 is 0. The molecule has 0 aromatic rings. The molecule has 1 saturated heterocycles. The molecule has 0 aliphatic carbocycles. The zero-order chi connectivity index (χ0) is 25.1. The van der Waals surface area contributed by atoms with Crippen LogP contribution in [0.2, 0.25) is 0 Å². The van der Waals surface area contributed by atoms with Crippen LogP contribution in [-0.2, 0) is 23.7 Å². The first-order valence-electron chi connectivity index (χ1n) is 11.1. The molecule has 0 saturated carbocycles. The van der Waals surface area contributed by atoms with Crippen LogP contribution in [0.1, 0.15) is 89.0 Å². The third-order valence-corrected chi connectivity index (χ3v) is 4.21. The SMILES string of the molecule is CC(C)(C)OC(=O)C[C@@H](C[C@H]1CN(C(=O)OC(C)(C)C)C(C)(C)O1)NC(=O)OC(C)(C)C. The molecule has 0 radical (unpaired) electrons. The molecular formula is C23H42N2O7. The Balaban J connectivity index is 2.92. The Hall–Kier alpha value is -2.03. The number of nitrogens with one attached hydrogen (secondary N) is 1. The number of carbonyl (C=O) groups is 3. The van der Waals surface area contributed by atoms with E-state index in [0.29, 0.717) is 6.42 Å². The van der Waals surface area contributed by atoms with Gasteiger partial charge in [-0.05, 0) is 82.6 Å². The number of nitrogens with zero attached hydrogens (tertiary/aromatic N) is 1. The fourth-order valence-electron chi connectivity index (χ4n) is 3.24. The highest BCUT2D eigenvalue weighted by Gasteiger charge is 2.45. The van der Waals surface area contributed by atoms with Gasteiger partial charge in [-0.1, -0.05) is 0 Å². The van der Waals surface area contributed by atoms with Gasteiger partial charge in [-0.3, -0.25) is 9.69 Å². The molecule has 0 unspecified atom stereocenters. The Kier molecular flexibility index (Phi) is 8.62. The van der Waals surface area contributed by atoms with Crippen LogP contribution in [0, 0.1) is 0 Å². The van der Waals surface area contributed by atoms with Crippen LogP contribution in [-0.4, -0.2) is 64.3 Å². The third kappa shape index (κ3) is 10.5. The van der Waals surface area contributed by atoms with E-state index in [0.717, 1.165) is 0 Å². The van der Waals surface area contributed by atoms with Crippen molar-refractivity contribution in [1.29, 1.82) is 0 Å². The van der Waals surface area contributed by atoms with Crippen LogP contribution in [0.15, 0.2) is 0 Å². The summed E-state index contributed by atoms with van der Waals surface area (Å²) in [6.07, 6.45) is -1.29. The van der Waals surface area contributed by atoms with Crippen molar-refractivity contribution in [1.82, 2.24) is 10.2 Å². The first-order chi connectivity index (χ1) is 14.2. The predicted molar refractivity (Wildman–Crippen MR) is 120 cm³/mol. The van der Waals surface area contributed by atoms with Crippen LogP contribution in [0.5, 0.6) is 0 Å². The topological polar surface area (TPSA) is 103 Å². The van der Waals surface area contributed by atoms with Gasteiger partial charge in [0, 0.05) is 6.04 Å². The molecule has 2 atom stereocenters. The van der Waals surface area contributed by atoms with E-state index in [1.54, 1.807) is 76.2 Å². The summed E-state index contributed by atoms with van der Waals surface area (Å²) in [7, 11) is 0. The van der Waals surface area contributed by atoms with E-state index in [4.69, 9.17) is 18.9 Å². The smallest absolute Gasteiger partial charge is 0.412 e. The molecule has 0 spiro atoms. The summed E-state index contributed by atoms with van der Waals surface area (Å²) < 4.78 is 22.3. The molecule has 9 heteroatoms. The van der Waals surface area contributed by atoms with Crippen LogP contribution in [0.25, 0.3) is 0 Å². The molecule has 9 nitrogen and oxygen atoms in total. The van der Waals surface area contributed by atoms with Crippen LogP contribution >= 0.6 is 0 Å². The van der Waals surface area contributed by atoms with Crippen LogP contribution in [0.3, 0.4) is 0 Å². The van der Waals surface area contributed by atoms with E-state index >= 15 is 0 Å². The number of amides is 2. The van der Waals surface area contributed by atoms with Crippen molar-refractivity contribution >= 4 is 18.2 Å². The fourth-order valence-corrected chi connectivity index (χ4v) is 3.24. The van der Waals surface area contributed by atoms with Crippen molar-refractivity contribution < 1.29 is 33.3 Å². The second-order valence-corrected chi connectivity index (χ2v) is 11.6. The normalized spacial score (nSPS) is 19.8. The molecule has 1 fully saturated rings. The lowest BCUT2D eigenvalue weighted by Gasteiger charge is -2.31. The maximum atomic E-state index is 12.6. The summed E-state index contributed by atoms with van der Waals surface area (Å²) in [4.78, 5) is 38.9. The van der Waals surface area contributed by atoms with E-state index in [1.165, 1.54) is 4.90 Å². The zero-order valence-corrected chi connectivity index (χ0v) is 21.6. The lowest BCUT2D eigenvalue weighted by atomic mass is 10.1. The van der Waals surface area contributed by atoms with Crippen molar-refractivity contribution in [2.24, 2.45) is 0 Å². The third-order valence-electron chi connectivity index (χ3n) is 4.21. The average Bonchev–Trinajstić information content (AvgIpc) is 2.75. The van der Waals surface area contributed by atoms with Gasteiger partial charge in [0.1, 0.15) is 22.5 Å². The monoisotopic (exact) mass is 458 g/mol. The van der Waals surface area contributed by atoms with Gasteiger partial charge in [-0.25, -0.2) is 9.59 Å². The van der Waals surface area contributed by atoms with Gasteiger partial charge in [0.25, 0.3) is 0 Å². The summed E-state index contributed by atoms with van der Waals surface area (Å²) in [6, 6.07) is -0.598. The zero-order valence-electron chi connectivity index (χ0n) is 21.6. The molecule has 2 amide bonds. The Morgan fingerprint density at radius 1 is 0.938 bits per heavy atom. The molecule has 1 aliphatic heterocycles. The lowest BCUT2D eigenvalue weighted by Crippen LogP contribution is -2.46. The van der Waals surface area contributed by atoms with Gasteiger partial charge < -0.3 is 24.3 Å². The quantitative estimate of drug-likeness (QED) is 0.482. The number of carbonyl (C=O) groups excluding carboxylic acids is 3. The van der Waals surface area contributed by atoms with Crippen LogP contribution in [0.4, 0.5) is 9.59 Å². The predicted octanol–water partition coefficient (Wildman–Crippen LogP) is 4.37. The Bertz CT molecular complexity index is 654. The van der Waals surface area contributed by atoms with E-state index in [1.807, 2.05) is 0 Å². The Labute approximate surface area is 192 Å². The second kappa shape index (κ2) is 9.85. The molecule has 1 rings (SSSR count). The second-order valence-electron chi connectivity index (χ2n) is 11.6. The van der Waals surface area contributed by atoms with Crippen molar-refractivity contribution in [3.63, 3.8) is 0 Å². The standard InChI is InChI=1S/C23H42N2O7/c1-20(2,3)30-17(26)13-15(24-18(27)31-21(4,5)6)12-16-14-25(23(10,11)29-16)19(28)32-22(7,8)9/h15-16H,12-14H2,1-11H3,(H,24,27)/t15-,16+/m1/s1. The average molecular weight is 459 g/mol. The van der Waals surface area contributed by atoms with Crippen molar-refractivity contribution in [2.75, 3.05) is 6.54 Å². The largest absolute Gasteiger partial charge is 0.460 e. The Morgan fingerprint density at radius 3 is 1.91 bits per heavy atom. The highest BCUT2D eigenvalue weighted by Crippen LogP contribution is 2.31. The number of esters is 1. The maximum Gasteiger partial charge on any atom is 0.412 e. The van der Waals surface area contributed by atoms with Crippen molar-refractivity contribution in [3.05, 3.63) is 0 Å². The van der Waals surface area contributed by atoms with Gasteiger partial charge in [-0.15, -0.1) is 0 Å². The first-order valence-corrected chi connectivity index (χ1v) is 11.1. The number of hydrogen-bond donors (Lipinski definition) is 1. The molecule has 1 heterocycles. The molecule has 186 valence electrons. The van der Waals surface area contributed by atoms with Gasteiger partial charge in [-0.2, -0.15) is 0 Å². The summed E-state index contributed by atoms with van der Waals surface area (Å²) in [5.41, 5.74) is -2.86. The maximum absolute atomic E-state index is 12.6. The van der Waals surface area contributed by atoms with E-state index in [9.17, 15) is 14.4 Å². The molecule has 32 heavy (non-hydrogen) atoms. The Morgan fingerprint density at radius 2 is 1.44 bits per heavy atom. The van der Waals surface area contributed by atoms with Gasteiger partial charge in [0.15, 0.2) is 0 Å². The first kappa shape index (κ1) is 28.0. The number of ether oxygens (including phenoxy) is 4.